The van der Waals surface area contributed by atoms with Gasteiger partial charge in [0.15, 0.2) is 5.96 Å². The summed E-state index contributed by atoms with van der Waals surface area (Å²) >= 11 is 0. The largest absolute Gasteiger partial charge is 0.370 e. The predicted octanol–water partition coefficient (Wildman–Crippen LogP) is 0.750. The summed E-state index contributed by atoms with van der Waals surface area (Å²) in [7, 11) is 0. The Morgan fingerprint density at radius 1 is 1.33 bits per heavy atom. The molecule has 5 heteroatoms. The molecule has 0 saturated heterocycles. The van der Waals surface area contributed by atoms with Crippen molar-refractivity contribution in [2.45, 2.75) is 6.54 Å². The Hall–Kier alpha value is -2.04. The summed E-state index contributed by atoms with van der Waals surface area (Å²) in [6, 6.07) is 7.96. The number of hydrogen-bond acceptors (Lipinski definition) is 2. The lowest BCUT2D eigenvalue weighted by atomic mass is 10.3. The maximum Gasteiger partial charge on any atom is 0.213 e. The van der Waals surface area contributed by atoms with Crippen molar-refractivity contribution in [2.24, 2.45) is 5.73 Å². The fourth-order valence-corrected chi connectivity index (χ4v) is 2.02. The molecule has 2 heterocycles. The van der Waals surface area contributed by atoms with Crippen LogP contribution in [0.3, 0.4) is 0 Å². The van der Waals surface area contributed by atoms with Crippen LogP contribution < -0.4 is 10.6 Å². The molecule has 0 radical (unpaired) electrons. The Kier molecular flexibility index (Phi) is 1.50. The molecule has 76 valence electrons. The molecule has 5 nitrogen and oxygen atoms in total. The van der Waals surface area contributed by atoms with Gasteiger partial charge in [-0.05, 0) is 12.1 Å². The third-order valence-corrected chi connectivity index (χ3v) is 2.71. The van der Waals surface area contributed by atoms with Crippen molar-refractivity contribution in [1.82, 2.24) is 9.55 Å². The Bertz CT molecular complexity index is 542. The van der Waals surface area contributed by atoms with Gasteiger partial charge in [0, 0.05) is 13.1 Å². The van der Waals surface area contributed by atoms with Gasteiger partial charge in [-0.25, -0.2) is 4.98 Å². The number of rotatable bonds is 0. The van der Waals surface area contributed by atoms with Crippen molar-refractivity contribution in [3.63, 3.8) is 0 Å². The lowest BCUT2D eigenvalue weighted by Gasteiger charge is -2.11. The summed E-state index contributed by atoms with van der Waals surface area (Å²) in [5.74, 6) is 0.841. The zero-order valence-electron chi connectivity index (χ0n) is 8.14. The van der Waals surface area contributed by atoms with Crippen LogP contribution in [0, 0.1) is 5.41 Å². The molecule has 0 atom stereocenters. The van der Waals surface area contributed by atoms with Gasteiger partial charge in [-0.15, -0.1) is 0 Å². The maximum atomic E-state index is 7.45. The van der Waals surface area contributed by atoms with Gasteiger partial charge in [-0.3, -0.25) is 10.3 Å². The van der Waals surface area contributed by atoms with E-state index in [1.54, 1.807) is 4.90 Å². The van der Waals surface area contributed by atoms with Gasteiger partial charge < -0.3 is 10.3 Å². The topological polar surface area (TPSA) is 70.9 Å². The number of hydrogen-bond donors (Lipinski definition) is 2. The van der Waals surface area contributed by atoms with Crippen LogP contribution in [0.2, 0.25) is 0 Å². The van der Waals surface area contributed by atoms with Crippen molar-refractivity contribution in [3.8, 4) is 0 Å². The van der Waals surface area contributed by atoms with Gasteiger partial charge >= 0.3 is 0 Å². The molecule has 0 aliphatic carbocycles. The highest BCUT2D eigenvalue weighted by Crippen LogP contribution is 2.26. The van der Waals surface area contributed by atoms with E-state index in [1.807, 2.05) is 24.3 Å². The number of benzene rings is 1. The molecule has 0 fully saturated rings. The summed E-state index contributed by atoms with van der Waals surface area (Å²) in [6.07, 6.45) is 0. The molecule has 0 bridgehead atoms. The predicted molar refractivity (Wildman–Crippen MR) is 59.0 cm³/mol. The van der Waals surface area contributed by atoms with E-state index in [1.165, 1.54) is 0 Å². The Morgan fingerprint density at radius 2 is 2.13 bits per heavy atom. The molecule has 0 spiro atoms. The quantitative estimate of drug-likeness (QED) is 0.488. The molecule has 15 heavy (non-hydrogen) atoms. The van der Waals surface area contributed by atoms with Gasteiger partial charge in [-0.2, -0.15) is 0 Å². The first-order valence-electron chi connectivity index (χ1n) is 4.84. The average molecular weight is 201 g/mol. The van der Waals surface area contributed by atoms with E-state index < -0.39 is 0 Å². The minimum absolute atomic E-state index is 0.0593. The molecule has 1 aromatic carbocycles. The zero-order valence-corrected chi connectivity index (χ0v) is 8.14. The van der Waals surface area contributed by atoms with Crippen LogP contribution in [0.5, 0.6) is 0 Å². The van der Waals surface area contributed by atoms with Gasteiger partial charge in [0.1, 0.15) is 0 Å². The Balaban J connectivity index is 2.25. The van der Waals surface area contributed by atoms with E-state index in [2.05, 4.69) is 9.55 Å². The average Bonchev–Trinajstić information content (AvgIpc) is 2.74. The summed E-state index contributed by atoms with van der Waals surface area (Å²) in [4.78, 5) is 6.19. The molecule has 2 aromatic rings. The van der Waals surface area contributed by atoms with E-state index in [4.69, 9.17) is 11.1 Å². The zero-order chi connectivity index (χ0) is 10.4. The molecule has 1 aliphatic rings. The maximum absolute atomic E-state index is 7.45. The number of para-hydroxylation sites is 2. The van der Waals surface area contributed by atoms with Crippen molar-refractivity contribution in [2.75, 3.05) is 11.4 Å². The van der Waals surface area contributed by atoms with Gasteiger partial charge in [0.2, 0.25) is 5.95 Å². The molecule has 1 aromatic heterocycles. The highest BCUT2D eigenvalue weighted by atomic mass is 15.4. The summed E-state index contributed by atoms with van der Waals surface area (Å²) < 4.78 is 2.09. The van der Waals surface area contributed by atoms with Crippen LogP contribution >= 0.6 is 0 Å². The number of fused-ring (bicyclic) bond motifs is 3. The minimum Gasteiger partial charge on any atom is -0.370 e. The SMILES string of the molecule is N=C(N)N1CCn2c1nc1ccccc12. The number of nitrogens with one attached hydrogen (secondary N) is 1. The van der Waals surface area contributed by atoms with E-state index >= 15 is 0 Å². The molecule has 0 amide bonds. The van der Waals surface area contributed by atoms with Crippen LogP contribution in [0.15, 0.2) is 24.3 Å². The normalized spacial score (nSPS) is 14.5. The summed E-state index contributed by atoms with van der Waals surface area (Å²) in [5.41, 5.74) is 7.55. The van der Waals surface area contributed by atoms with E-state index in [9.17, 15) is 0 Å². The van der Waals surface area contributed by atoms with Crippen LogP contribution in [0.1, 0.15) is 0 Å². The van der Waals surface area contributed by atoms with Crippen LogP contribution in [0.25, 0.3) is 11.0 Å². The smallest absolute Gasteiger partial charge is 0.213 e. The van der Waals surface area contributed by atoms with Gasteiger partial charge in [0.05, 0.1) is 11.0 Å². The van der Waals surface area contributed by atoms with Crippen LogP contribution in [-0.2, 0) is 6.54 Å². The highest BCUT2D eigenvalue weighted by molar-refractivity contribution is 5.94. The first-order valence-corrected chi connectivity index (χ1v) is 4.84. The fourth-order valence-electron chi connectivity index (χ4n) is 2.02. The molecular weight excluding hydrogens is 190 g/mol. The molecular formula is C10H11N5. The number of nitrogens with zero attached hydrogens (tertiary/aromatic N) is 3. The molecule has 0 saturated carbocycles. The minimum atomic E-state index is 0.0593. The van der Waals surface area contributed by atoms with E-state index in [0.717, 1.165) is 30.1 Å². The standard InChI is InChI=1S/C10H11N5/c11-9(12)15-6-5-14-8-4-2-1-3-7(8)13-10(14)15/h1-4H,5-6H2,(H3,11,12). The monoisotopic (exact) mass is 201 g/mol. The van der Waals surface area contributed by atoms with Gasteiger partial charge in [0.25, 0.3) is 0 Å². The summed E-state index contributed by atoms with van der Waals surface area (Å²) in [5, 5.41) is 7.45. The van der Waals surface area contributed by atoms with E-state index in [0.29, 0.717) is 0 Å². The highest BCUT2D eigenvalue weighted by Gasteiger charge is 2.24. The number of aromatic nitrogens is 2. The third kappa shape index (κ3) is 1.03. The number of anilines is 1. The first-order chi connectivity index (χ1) is 7.27. The molecule has 3 rings (SSSR count). The fraction of sp³-hybridized carbons (Fsp3) is 0.200. The Labute approximate surface area is 86.6 Å². The van der Waals surface area contributed by atoms with Crippen molar-refractivity contribution in [1.29, 1.82) is 5.41 Å². The molecule has 1 aliphatic heterocycles. The van der Waals surface area contributed by atoms with Crippen molar-refractivity contribution in [3.05, 3.63) is 24.3 Å². The van der Waals surface area contributed by atoms with Gasteiger partial charge in [-0.1, -0.05) is 12.1 Å². The first kappa shape index (κ1) is 8.28. The van der Waals surface area contributed by atoms with Crippen molar-refractivity contribution >= 4 is 22.9 Å². The second-order valence-corrected chi connectivity index (χ2v) is 3.59. The molecule has 3 N–H and O–H groups in total. The van der Waals surface area contributed by atoms with E-state index in [-0.39, 0.29) is 5.96 Å². The van der Waals surface area contributed by atoms with Crippen LogP contribution in [-0.4, -0.2) is 22.1 Å². The number of guanidine groups is 1. The second-order valence-electron chi connectivity index (χ2n) is 3.59. The van der Waals surface area contributed by atoms with Crippen molar-refractivity contribution < 1.29 is 0 Å². The summed E-state index contributed by atoms with van der Waals surface area (Å²) in [6.45, 7) is 1.58. The third-order valence-electron chi connectivity index (χ3n) is 2.71. The Morgan fingerprint density at radius 3 is 2.93 bits per heavy atom. The number of nitrogens with two attached hydrogens (primary N) is 1. The van der Waals surface area contributed by atoms with Crippen LogP contribution in [0.4, 0.5) is 5.95 Å². The lowest BCUT2D eigenvalue weighted by molar-refractivity contribution is 0.827. The second kappa shape index (κ2) is 2.73. The lowest BCUT2D eigenvalue weighted by Crippen LogP contribution is -2.35. The molecule has 0 unspecified atom stereocenters. The number of imidazole rings is 1.